The smallest absolute Gasteiger partial charge is 0.306 e. The zero-order valence-corrected chi connectivity index (χ0v) is 23.5. The average Bonchev–Trinajstić information content (AvgIpc) is 3.40. The van der Waals surface area contributed by atoms with Crippen molar-refractivity contribution in [2.45, 2.75) is 39.5 Å². The minimum absolute atomic E-state index is 0.00267. The van der Waals surface area contributed by atoms with E-state index in [0.717, 1.165) is 16.7 Å². The van der Waals surface area contributed by atoms with E-state index in [2.05, 4.69) is 15.5 Å². The van der Waals surface area contributed by atoms with E-state index < -0.39 is 5.97 Å². The summed E-state index contributed by atoms with van der Waals surface area (Å²) in [5, 5.41) is 12.1. The third kappa shape index (κ3) is 9.06. The quantitative estimate of drug-likeness (QED) is 0.293. The van der Waals surface area contributed by atoms with Gasteiger partial charge < -0.3 is 24.4 Å². The minimum atomic E-state index is -0.427. The molecule has 11 heteroatoms. The van der Waals surface area contributed by atoms with E-state index in [4.69, 9.17) is 14.2 Å². The molecule has 3 rings (SSSR count). The van der Waals surface area contributed by atoms with Crippen molar-refractivity contribution in [2.75, 3.05) is 39.2 Å². The maximum Gasteiger partial charge on any atom is 0.306 e. The summed E-state index contributed by atoms with van der Waals surface area (Å²) in [7, 11) is 3.13. The molecule has 0 fully saturated rings. The predicted molar refractivity (Wildman–Crippen MR) is 149 cm³/mol. The van der Waals surface area contributed by atoms with Gasteiger partial charge in [0.2, 0.25) is 16.9 Å². The number of amides is 2. The van der Waals surface area contributed by atoms with Crippen LogP contribution in [0.15, 0.2) is 42.5 Å². The lowest BCUT2D eigenvalue weighted by molar-refractivity contribution is -0.145. The normalized spacial score (nSPS) is 10.6. The molecule has 3 aromatic rings. The largest absolute Gasteiger partial charge is 0.493 e. The van der Waals surface area contributed by atoms with Crippen LogP contribution in [0.4, 0.5) is 5.13 Å². The molecule has 0 aliphatic rings. The van der Waals surface area contributed by atoms with Gasteiger partial charge in [0.25, 0.3) is 0 Å². The van der Waals surface area contributed by atoms with Crippen molar-refractivity contribution in [1.82, 2.24) is 15.1 Å². The fraction of sp³-hybridized carbons (Fsp3) is 0.393. The van der Waals surface area contributed by atoms with Crippen molar-refractivity contribution in [3.63, 3.8) is 0 Å². The van der Waals surface area contributed by atoms with E-state index in [1.54, 1.807) is 32.1 Å². The van der Waals surface area contributed by atoms with E-state index in [1.807, 2.05) is 43.3 Å². The summed E-state index contributed by atoms with van der Waals surface area (Å²) in [6.07, 6.45) is 0.584. The molecule has 0 saturated carbocycles. The highest BCUT2D eigenvalue weighted by Gasteiger charge is 2.18. The van der Waals surface area contributed by atoms with Crippen molar-refractivity contribution >= 4 is 34.3 Å². The van der Waals surface area contributed by atoms with Gasteiger partial charge in [-0.05, 0) is 38.0 Å². The van der Waals surface area contributed by atoms with E-state index in [1.165, 1.54) is 11.3 Å². The zero-order chi connectivity index (χ0) is 28.2. The van der Waals surface area contributed by atoms with Gasteiger partial charge >= 0.3 is 5.97 Å². The Labute approximate surface area is 232 Å². The van der Waals surface area contributed by atoms with Crippen LogP contribution in [0.5, 0.6) is 11.5 Å². The third-order valence-electron chi connectivity index (χ3n) is 5.90. The van der Waals surface area contributed by atoms with Crippen LogP contribution in [0.1, 0.15) is 37.3 Å². The Morgan fingerprint density at radius 3 is 2.36 bits per heavy atom. The number of carbonyl (C=O) groups excluding carboxylic acids is 3. The molecule has 0 spiro atoms. The molecule has 10 nitrogen and oxygen atoms in total. The van der Waals surface area contributed by atoms with Crippen molar-refractivity contribution in [3.05, 3.63) is 53.6 Å². The lowest BCUT2D eigenvalue weighted by Crippen LogP contribution is -2.35. The summed E-state index contributed by atoms with van der Waals surface area (Å²) >= 11 is 1.28. The highest BCUT2D eigenvalue weighted by molar-refractivity contribution is 7.18. The number of hydrogen-bond donors (Lipinski definition) is 1. The first kappa shape index (κ1) is 29.6. The highest BCUT2D eigenvalue weighted by Crippen LogP contribution is 2.28. The number of nitrogens with one attached hydrogen (secondary N) is 1. The van der Waals surface area contributed by atoms with Gasteiger partial charge in [0.1, 0.15) is 5.01 Å². The summed E-state index contributed by atoms with van der Waals surface area (Å²) in [6.45, 7) is 4.53. The Hall–Kier alpha value is -3.99. The van der Waals surface area contributed by atoms with E-state index in [0.29, 0.717) is 34.6 Å². The number of ether oxygens (including phenoxy) is 3. The summed E-state index contributed by atoms with van der Waals surface area (Å²) < 4.78 is 15.6. The van der Waals surface area contributed by atoms with Crippen LogP contribution in [-0.2, 0) is 25.5 Å². The summed E-state index contributed by atoms with van der Waals surface area (Å²) in [5.74, 6) is 0.271. The Balaban J connectivity index is 1.61. The van der Waals surface area contributed by atoms with Gasteiger partial charge in [-0.25, -0.2) is 0 Å². The van der Waals surface area contributed by atoms with Crippen LogP contribution in [0.25, 0.3) is 10.6 Å². The topological polar surface area (TPSA) is 120 Å². The lowest BCUT2D eigenvalue weighted by atomic mass is 10.1. The van der Waals surface area contributed by atoms with Crippen LogP contribution in [-0.4, -0.2) is 66.8 Å². The summed E-state index contributed by atoms with van der Waals surface area (Å²) in [4.78, 5) is 39.0. The first-order valence-electron chi connectivity index (χ1n) is 12.7. The number of aryl methyl sites for hydroxylation is 1. The number of benzene rings is 2. The molecule has 0 atom stereocenters. The minimum Gasteiger partial charge on any atom is -0.493 e. The highest BCUT2D eigenvalue weighted by atomic mass is 32.1. The Morgan fingerprint density at radius 2 is 1.67 bits per heavy atom. The van der Waals surface area contributed by atoms with Crippen molar-refractivity contribution in [1.29, 1.82) is 0 Å². The van der Waals surface area contributed by atoms with Gasteiger partial charge in [0.15, 0.2) is 11.5 Å². The molecule has 2 aromatic carbocycles. The molecular formula is C28H34N4O6S. The fourth-order valence-electron chi connectivity index (χ4n) is 3.77. The molecule has 208 valence electrons. The van der Waals surface area contributed by atoms with Crippen LogP contribution in [0.2, 0.25) is 0 Å². The average molecular weight is 555 g/mol. The number of nitrogens with zero attached hydrogens (tertiary/aromatic N) is 3. The molecule has 0 bridgehead atoms. The van der Waals surface area contributed by atoms with E-state index >= 15 is 0 Å². The molecule has 0 radical (unpaired) electrons. The number of methoxy groups -OCH3 is 2. The fourth-order valence-corrected chi connectivity index (χ4v) is 4.53. The standard InChI is InChI=1S/C28H34N4O6S/c1-5-38-26(35)13-12-25(34)32(16-14-20-8-11-22(36-3)23(18-20)37-4)17-15-24(33)29-28-31-30-27(39-28)21-9-6-19(2)7-10-21/h6-11,18H,5,12-17H2,1-4H3,(H,29,31,33). The molecule has 1 aromatic heterocycles. The number of carbonyl (C=O) groups is 3. The second kappa shape index (κ2) is 14.8. The predicted octanol–water partition coefficient (Wildman–Crippen LogP) is 4.27. The Bertz CT molecular complexity index is 1260. The van der Waals surface area contributed by atoms with Crippen molar-refractivity contribution in [3.8, 4) is 22.1 Å². The molecule has 0 saturated heterocycles. The monoisotopic (exact) mass is 554 g/mol. The van der Waals surface area contributed by atoms with Crippen LogP contribution < -0.4 is 14.8 Å². The van der Waals surface area contributed by atoms with Crippen LogP contribution in [0.3, 0.4) is 0 Å². The summed E-state index contributed by atoms with van der Waals surface area (Å²) in [5.41, 5.74) is 3.01. The summed E-state index contributed by atoms with van der Waals surface area (Å²) in [6, 6.07) is 13.5. The molecule has 1 heterocycles. The molecule has 39 heavy (non-hydrogen) atoms. The van der Waals surface area contributed by atoms with Crippen LogP contribution >= 0.6 is 11.3 Å². The number of aromatic nitrogens is 2. The molecule has 1 N–H and O–H groups in total. The number of hydrogen-bond acceptors (Lipinski definition) is 9. The molecule has 2 amide bonds. The van der Waals surface area contributed by atoms with Crippen molar-refractivity contribution in [2.24, 2.45) is 0 Å². The van der Waals surface area contributed by atoms with E-state index in [-0.39, 0.29) is 44.2 Å². The van der Waals surface area contributed by atoms with Crippen LogP contribution in [0, 0.1) is 6.92 Å². The zero-order valence-electron chi connectivity index (χ0n) is 22.7. The van der Waals surface area contributed by atoms with Gasteiger partial charge in [-0.15, -0.1) is 10.2 Å². The maximum atomic E-state index is 13.0. The SMILES string of the molecule is CCOC(=O)CCC(=O)N(CCC(=O)Nc1nnc(-c2ccc(C)cc2)s1)CCc1ccc(OC)c(OC)c1. The Kier molecular flexibility index (Phi) is 11.2. The van der Waals surface area contributed by atoms with Crippen molar-refractivity contribution < 1.29 is 28.6 Å². The molecule has 0 aliphatic carbocycles. The van der Waals surface area contributed by atoms with Gasteiger partial charge in [0, 0.05) is 31.5 Å². The first-order valence-corrected chi connectivity index (χ1v) is 13.5. The van der Waals surface area contributed by atoms with Gasteiger partial charge in [0.05, 0.1) is 27.2 Å². The molecule has 0 unspecified atom stereocenters. The number of rotatable bonds is 14. The number of esters is 1. The second-order valence-corrected chi connectivity index (χ2v) is 9.68. The van der Waals surface area contributed by atoms with Gasteiger partial charge in [-0.2, -0.15) is 0 Å². The Morgan fingerprint density at radius 1 is 0.923 bits per heavy atom. The van der Waals surface area contributed by atoms with Gasteiger partial charge in [-0.3, -0.25) is 14.4 Å². The molecular weight excluding hydrogens is 520 g/mol. The third-order valence-corrected chi connectivity index (χ3v) is 6.79. The first-order chi connectivity index (χ1) is 18.8. The second-order valence-electron chi connectivity index (χ2n) is 8.70. The lowest BCUT2D eigenvalue weighted by Gasteiger charge is -2.23. The van der Waals surface area contributed by atoms with E-state index in [9.17, 15) is 14.4 Å². The maximum absolute atomic E-state index is 13.0. The number of anilines is 1. The van der Waals surface area contributed by atoms with Gasteiger partial charge in [-0.1, -0.05) is 47.2 Å². The molecule has 0 aliphatic heterocycles.